The molecule has 0 spiro atoms. The summed E-state index contributed by atoms with van der Waals surface area (Å²) in [7, 11) is 1.46. The number of phenols is 1. The van der Waals surface area contributed by atoms with Gasteiger partial charge in [-0.05, 0) is 17.7 Å². The standard InChI is InChI=1S/C20H23NO7/c1-26-12-15-10-17(23)19(25)20(28-15)16(13-2-4-14(22)5-3-13)11-18(24)21-6-8-27-9-7-21/h2-5,10,16,22,25H,6-9,11-12H2,1H3. The van der Waals surface area contributed by atoms with Crippen molar-refractivity contribution < 1.29 is 28.9 Å². The van der Waals surface area contributed by atoms with E-state index in [4.69, 9.17) is 13.9 Å². The summed E-state index contributed by atoms with van der Waals surface area (Å²) in [5.74, 6) is -1.04. The molecule has 1 aliphatic heterocycles. The molecule has 1 aromatic carbocycles. The number of carbonyl (C=O) groups excluding carboxylic acids is 1. The maximum atomic E-state index is 12.8. The van der Waals surface area contributed by atoms with Crippen molar-refractivity contribution in [3.63, 3.8) is 0 Å². The van der Waals surface area contributed by atoms with Crippen LogP contribution in [0.25, 0.3) is 0 Å². The van der Waals surface area contributed by atoms with E-state index in [0.717, 1.165) is 0 Å². The maximum Gasteiger partial charge on any atom is 0.227 e. The quantitative estimate of drug-likeness (QED) is 0.772. The first-order valence-corrected chi connectivity index (χ1v) is 8.99. The van der Waals surface area contributed by atoms with Gasteiger partial charge in [0.15, 0.2) is 5.76 Å². The third-order valence-electron chi connectivity index (χ3n) is 4.64. The number of morpholine rings is 1. The van der Waals surface area contributed by atoms with Crippen molar-refractivity contribution in [2.45, 2.75) is 18.9 Å². The Bertz CT molecular complexity index is 869. The molecule has 28 heavy (non-hydrogen) atoms. The normalized spacial score (nSPS) is 15.4. The molecule has 0 bridgehead atoms. The largest absolute Gasteiger partial charge is 0.508 e. The molecule has 1 aromatic heterocycles. The molecule has 1 saturated heterocycles. The number of nitrogens with zero attached hydrogens (tertiary/aromatic N) is 1. The van der Waals surface area contributed by atoms with Gasteiger partial charge in [-0.15, -0.1) is 0 Å². The number of amides is 1. The number of methoxy groups -OCH3 is 1. The number of carbonyl (C=O) groups is 1. The summed E-state index contributed by atoms with van der Waals surface area (Å²) in [6, 6.07) is 7.40. The number of benzene rings is 1. The molecule has 8 nitrogen and oxygen atoms in total. The molecule has 0 radical (unpaired) electrons. The van der Waals surface area contributed by atoms with Crippen LogP contribution in [0.2, 0.25) is 0 Å². The van der Waals surface area contributed by atoms with Crippen LogP contribution in [0.3, 0.4) is 0 Å². The van der Waals surface area contributed by atoms with E-state index in [1.807, 2.05) is 0 Å². The summed E-state index contributed by atoms with van der Waals surface area (Å²) >= 11 is 0. The molecule has 1 fully saturated rings. The van der Waals surface area contributed by atoms with Crippen molar-refractivity contribution in [3.8, 4) is 11.5 Å². The van der Waals surface area contributed by atoms with Gasteiger partial charge >= 0.3 is 0 Å². The Kier molecular flexibility index (Phi) is 6.33. The predicted molar refractivity (Wildman–Crippen MR) is 99.3 cm³/mol. The summed E-state index contributed by atoms with van der Waals surface area (Å²) in [6.07, 6.45) is -0.00227. The number of rotatable bonds is 6. The van der Waals surface area contributed by atoms with Crippen molar-refractivity contribution in [1.82, 2.24) is 4.90 Å². The van der Waals surface area contributed by atoms with Gasteiger partial charge in [-0.3, -0.25) is 9.59 Å². The summed E-state index contributed by atoms with van der Waals surface area (Å²) in [5.41, 5.74) is 0.0309. The Labute approximate surface area is 161 Å². The first-order valence-electron chi connectivity index (χ1n) is 8.99. The topological polar surface area (TPSA) is 109 Å². The van der Waals surface area contributed by atoms with E-state index < -0.39 is 17.1 Å². The smallest absolute Gasteiger partial charge is 0.227 e. The third kappa shape index (κ3) is 4.52. The van der Waals surface area contributed by atoms with Gasteiger partial charge in [0.05, 0.1) is 19.1 Å². The second kappa shape index (κ2) is 8.90. The third-order valence-corrected chi connectivity index (χ3v) is 4.64. The van der Waals surface area contributed by atoms with E-state index in [-0.39, 0.29) is 36.2 Å². The Hall–Kier alpha value is -2.84. The SMILES string of the molecule is COCc1cc(=O)c(O)c(C(CC(=O)N2CCOCC2)c2ccc(O)cc2)o1. The van der Waals surface area contributed by atoms with Crippen LogP contribution in [-0.4, -0.2) is 54.4 Å². The number of phenolic OH excluding ortho intramolecular Hbond substituents is 1. The minimum atomic E-state index is -0.694. The van der Waals surface area contributed by atoms with Crippen LogP contribution in [0.5, 0.6) is 11.5 Å². The van der Waals surface area contributed by atoms with Crippen molar-refractivity contribution >= 4 is 5.91 Å². The van der Waals surface area contributed by atoms with E-state index >= 15 is 0 Å². The van der Waals surface area contributed by atoms with Gasteiger partial charge in [0.25, 0.3) is 0 Å². The minimum Gasteiger partial charge on any atom is -0.508 e. The lowest BCUT2D eigenvalue weighted by molar-refractivity contribution is -0.135. The summed E-state index contributed by atoms with van der Waals surface area (Å²) in [5, 5.41) is 19.9. The molecular formula is C20H23NO7. The summed E-state index contributed by atoms with van der Waals surface area (Å²) < 4.78 is 16.0. The molecule has 8 heteroatoms. The van der Waals surface area contributed by atoms with Crippen LogP contribution in [0.1, 0.15) is 29.4 Å². The molecule has 2 heterocycles. The molecule has 2 aromatic rings. The average Bonchev–Trinajstić information content (AvgIpc) is 2.70. The highest BCUT2D eigenvalue weighted by Gasteiger charge is 2.28. The van der Waals surface area contributed by atoms with Gasteiger partial charge in [0, 0.05) is 32.7 Å². The summed E-state index contributed by atoms with van der Waals surface area (Å²) in [4.78, 5) is 26.7. The van der Waals surface area contributed by atoms with Crippen LogP contribution in [0.15, 0.2) is 39.5 Å². The number of ether oxygens (including phenoxy) is 2. The van der Waals surface area contributed by atoms with Crippen LogP contribution >= 0.6 is 0 Å². The fraction of sp³-hybridized carbons (Fsp3) is 0.400. The minimum absolute atomic E-state index is 0.00227. The van der Waals surface area contributed by atoms with Crippen LogP contribution in [0, 0.1) is 0 Å². The molecule has 3 rings (SSSR count). The lowest BCUT2D eigenvalue weighted by Crippen LogP contribution is -2.41. The van der Waals surface area contributed by atoms with Crippen molar-refractivity contribution in [1.29, 1.82) is 0 Å². The van der Waals surface area contributed by atoms with Crippen LogP contribution < -0.4 is 5.43 Å². The molecule has 150 valence electrons. The zero-order valence-corrected chi connectivity index (χ0v) is 15.6. The van der Waals surface area contributed by atoms with E-state index in [1.54, 1.807) is 17.0 Å². The molecular weight excluding hydrogens is 366 g/mol. The first-order chi connectivity index (χ1) is 13.5. The van der Waals surface area contributed by atoms with Gasteiger partial charge in [0.2, 0.25) is 17.1 Å². The Morgan fingerprint density at radius 1 is 1.21 bits per heavy atom. The van der Waals surface area contributed by atoms with E-state index in [9.17, 15) is 19.8 Å². The second-order valence-electron chi connectivity index (χ2n) is 6.56. The van der Waals surface area contributed by atoms with E-state index in [2.05, 4.69) is 0 Å². The highest BCUT2D eigenvalue weighted by molar-refractivity contribution is 5.78. The molecule has 0 saturated carbocycles. The van der Waals surface area contributed by atoms with Crippen LogP contribution in [-0.2, 0) is 20.9 Å². The van der Waals surface area contributed by atoms with Gasteiger partial charge in [-0.25, -0.2) is 0 Å². The zero-order valence-electron chi connectivity index (χ0n) is 15.6. The van der Waals surface area contributed by atoms with Crippen molar-refractivity contribution in [3.05, 3.63) is 57.6 Å². The molecule has 1 atom stereocenters. The fourth-order valence-corrected chi connectivity index (χ4v) is 3.19. The van der Waals surface area contributed by atoms with Crippen molar-refractivity contribution in [2.24, 2.45) is 0 Å². The Morgan fingerprint density at radius 2 is 1.89 bits per heavy atom. The lowest BCUT2D eigenvalue weighted by atomic mass is 9.91. The molecule has 1 aliphatic rings. The lowest BCUT2D eigenvalue weighted by Gasteiger charge is -2.28. The van der Waals surface area contributed by atoms with Gasteiger partial charge < -0.3 is 29.0 Å². The number of hydrogen-bond acceptors (Lipinski definition) is 7. The fourth-order valence-electron chi connectivity index (χ4n) is 3.19. The highest BCUT2D eigenvalue weighted by Crippen LogP contribution is 2.34. The number of hydrogen-bond donors (Lipinski definition) is 2. The van der Waals surface area contributed by atoms with Crippen LogP contribution in [0.4, 0.5) is 0 Å². The second-order valence-corrected chi connectivity index (χ2v) is 6.56. The molecule has 1 amide bonds. The van der Waals surface area contributed by atoms with Gasteiger partial charge in [-0.2, -0.15) is 0 Å². The number of aromatic hydroxyl groups is 2. The highest BCUT2D eigenvalue weighted by atomic mass is 16.5. The van der Waals surface area contributed by atoms with E-state index in [1.165, 1.54) is 25.3 Å². The predicted octanol–water partition coefficient (Wildman–Crippen LogP) is 1.58. The molecule has 0 aliphatic carbocycles. The Morgan fingerprint density at radius 3 is 2.54 bits per heavy atom. The molecule has 2 N–H and O–H groups in total. The summed E-state index contributed by atoms with van der Waals surface area (Å²) in [6.45, 7) is 1.97. The monoisotopic (exact) mass is 389 g/mol. The molecule has 1 unspecified atom stereocenters. The zero-order chi connectivity index (χ0) is 20.1. The van der Waals surface area contributed by atoms with E-state index in [0.29, 0.717) is 31.9 Å². The van der Waals surface area contributed by atoms with Gasteiger partial charge in [0.1, 0.15) is 18.1 Å². The Balaban J connectivity index is 2.00. The maximum absolute atomic E-state index is 12.8. The van der Waals surface area contributed by atoms with Crippen molar-refractivity contribution in [2.75, 3.05) is 33.4 Å². The average molecular weight is 389 g/mol. The first kappa shape index (κ1) is 19.9. The van der Waals surface area contributed by atoms with Gasteiger partial charge in [-0.1, -0.05) is 12.1 Å².